The van der Waals surface area contributed by atoms with Crippen molar-refractivity contribution >= 4 is 18.4 Å². The summed E-state index contributed by atoms with van der Waals surface area (Å²) in [6.07, 6.45) is 4.72. The third-order valence-electron chi connectivity index (χ3n) is 6.88. The van der Waals surface area contributed by atoms with E-state index >= 15 is 0 Å². The van der Waals surface area contributed by atoms with E-state index in [2.05, 4.69) is 10.6 Å². The third kappa shape index (κ3) is 6.75. The highest BCUT2D eigenvalue weighted by molar-refractivity contribution is 5.91. The van der Waals surface area contributed by atoms with Crippen molar-refractivity contribution in [2.75, 3.05) is 13.2 Å². The maximum absolute atomic E-state index is 13.5. The monoisotopic (exact) mass is 537 g/mol. The minimum absolute atomic E-state index is 0.0553. The van der Waals surface area contributed by atoms with Crippen LogP contribution >= 0.6 is 0 Å². The maximum atomic E-state index is 13.5. The van der Waals surface area contributed by atoms with Gasteiger partial charge in [0.05, 0.1) is 17.4 Å². The molecule has 2 aliphatic carbocycles. The quantitative estimate of drug-likeness (QED) is 0.229. The molecule has 1 aromatic rings. The van der Waals surface area contributed by atoms with E-state index in [9.17, 15) is 27.9 Å². The average molecular weight is 538 g/mol. The summed E-state index contributed by atoms with van der Waals surface area (Å²) in [5.41, 5.74) is -2.04. The predicted octanol–water partition coefficient (Wildman–Crippen LogP) is 4.64. The first-order valence-corrected chi connectivity index (χ1v) is 12.7. The SMILES string of the molecule is CCCC1c2oc(=N)cc(C(F)(F)F)c2C=CC1OCCCCNC(=O)C(C)(NC=O)C1=CC=C(O)CC1. The number of allylic oxidation sites excluding steroid dienone is 3. The highest BCUT2D eigenvalue weighted by Gasteiger charge is 2.39. The van der Waals surface area contributed by atoms with Crippen molar-refractivity contribution in [1.82, 2.24) is 10.6 Å². The smallest absolute Gasteiger partial charge is 0.417 e. The number of unbranched alkanes of at least 4 members (excludes halogenated alkanes) is 1. The summed E-state index contributed by atoms with van der Waals surface area (Å²) in [6, 6.07) is 0.697. The molecule has 8 nitrogen and oxygen atoms in total. The predicted molar refractivity (Wildman–Crippen MR) is 134 cm³/mol. The summed E-state index contributed by atoms with van der Waals surface area (Å²) in [5, 5.41) is 22.7. The molecule has 1 heterocycles. The molecule has 0 saturated carbocycles. The zero-order chi connectivity index (χ0) is 27.9. The molecular weight excluding hydrogens is 503 g/mol. The number of alkyl halides is 3. The number of hydrogen-bond acceptors (Lipinski definition) is 6. The van der Waals surface area contributed by atoms with E-state index in [1.54, 1.807) is 19.1 Å². The van der Waals surface area contributed by atoms with Crippen molar-refractivity contribution in [3.63, 3.8) is 0 Å². The number of hydrogen-bond donors (Lipinski definition) is 4. The molecule has 0 saturated heterocycles. The van der Waals surface area contributed by atoms with Crippen LogP contribution in [0.4, 0.5) is 13.2 Å². The molecule has 4 N–H and O–H groups in total. The van der Waals surface area contributed by atoms with Crippen LogP contribution in [0.5, 0.6) is 0 Å². The van der Waals surface area contributed by atoms with E-state index in [1.165, 1.54) is 12.2 Å². The molecule has 208 valence electrons. The summed E-state index contributed by atoms with van der Waals surface area (Å²) in [5.74, 6) is -0.476. The van der Waals surface area contributed by atoms with Crippen LogP contribution in [-0.2, 0) is 20.5 Å². The molecule has 0 spiro atoms. The number of aliphatic hydroxyl groups excluding tert-OH is 1. The third-order valence-corrected chi connectivity index (χ3v) is 6.88. The molecule has 0 radical (unpaired) electrons. The molecule has 3 rings (SSSR count). The van der Waals surface area contributed by atoms with Crippen molar-refractivity contribution in [1.29, 1.82) is 5.41 Å². The molecule has 0 fully saturated rings. The van der Waals surface area contributed by atoms with Crippen molar-refractivity contribution < 1.29 is 37.0 Å². The summed E-state index contributed by atoms with van der Waals surface area (Å²) in [7, 11) is 0. The molecule has 2 amide bonds. The van der Waals surface area contributed by atoms with Gasteiger partial charge in [0.25, 0.3) is 0 Å². The Hall–Kier alpha value is -3.34. The van der Waals surface area contributed by atoms with Gasteiger partial charge in [0.15, 0.2) is 0 Å². The molecule has 38 heavy (non-hydrogen) atoms. The zero-order valence-corrected chi connectivity index (χ0v) is 21.5. The Morgan fingerprint density at radius 3 is 2.68 bits per heavy atom. The normalized spacial score (nSPS) is 20.6. The lowest BCUT2D eigenvalue weighted by molar-refractivity contribution is -0.138. The molecule has 11 heteroatoms. The first kappa shape index (κ1) is 29.2. The fraction of sp³-hybridized carbons (Fsp3) is 0.519. The fourth-order valence-electron chi connectivity index (χ4n) is 4.77. The number of rotatable bonds is 12. The van der Waals surface area contributed by atoms with E-state index in [1.807, 2.05) is 6.92 Å². The van der Waals surface area contributed by atoms with Crippen LogP contribution in [0.15, 0.2) is 40.0 Å². The maximum Gasteiger partial charge on any atom is 0.417 e. The highest BCUT2D eigenvalue weighted by Crippen LogP contribution is 2.40. The second kappa shape index (κ2) is 12.5. The van der Waals surface area contributed by atoms with Gasteiger partial charge in [-0.3, -0.25) is 15.0 Å². The Bertz CT molecular complexity index is 1170. The van der Waals surface area contributed by atoms with Gasteiger partial charge in [-0.15, -0.1) is 0 Å². The Morgan fingerprint density at radius 1 is 1.29 bits per heavy atom. The van der Waals surface area contributed by atoms with Crippen LogP contribution in [0.1, 0.15) is 75.2 Å². The second-order valence-corrected chi connectivity index (χ2v) is 9.59. The van der Waals surface area contributed by atoms with Gasteiger partial charge in [0.2, 0.25) is 17.9 Å². The lowest BCUT2D eigenvalue weighted by Gasteiger charge is -2.32. The average Bonchev–Trinajstić information content (AvgIpc) is 2.86. The van der Waals surface area contributed by atoms with Crippen molar-refractivity contribution in [2.24, 2.45) is 0 Å². The number of amides is 2. The van der Waals surface area contributed by atoms with E-state index in [0.29, 0.717) is 69.7 Å². The van der Waals surface area contributed by atoms with E-state index in [-0.39, 0.29) is 23.0 Å². The molecule has 2 aliphatic rings. The number of aliphatic hydroxyl groups is 1. The first-order chi connectivity index (χ1) is 18.0. The number of ether oxygens (including phenoxy) is 1. The van der Waals surface area contributed by atoms with Crippen molar-refractivity contribution in [3.8, 4) is 0 Å². The second-order valence-electron chi connectivity index (χ2n) is 9.59. The lowest BCUT2D eigenvalue weighted by atomic mass is 9.85. The zero-order valence-electron chi connectivity index (χ0n) is 21.5. The number of halogens is 3. The van der Waals surface area contributed by atoms with Gasteiger partial charge < -0.3 is 24.9 Å². The van der Waals surface area contributed by atoms with Gasteiger partial charge in [-0.1, -0.05) is 31.6 Å². The van der Waals surface area contributed by atoms with Crippen LogP contribution in [-0.4, -0.2) is 42.2 Å². The highest BCUT2D eigenvalue weighted by atomic mass is 19.4. The molecule has 3 atom stereocenters. The van der Waals surface area contributed by atoms with Gasteiger partial charge in [0, 0.05) is 37.1 Å². The van der Waals surface area contributed by atoms with E-state index < -0.39 is 34.9 Å². The summed E-state index contributed by atoms with van der Waals surface area (Å²) in [6.45, 7) is 4.18. The molecule has 3 unspecified atom stereocenters. The topological polar surface area (TPSA) is 125 Å². The molecule has 1 aromatic heterocycles. The van der Waals surface area contributed by atoms with Crippen LogP contribution in [0, 0.1) is 5.41 Å². The number of carbonyl (C=O) groups excluding carboxylic acids is 2. The first-order valence-electron chi connectivity index (χ1n) is 12.7. The van der Waals surface area contributed by atoms with Crippen LogP contribution in [0.2, 0.25) is 0 Å². The molecule has 0 bridgehead atoms. The molecule has 0 aromatic carbocycles. The van der Waals surface area contributed by atoms with Crippen molar-refractivity contribution in [3.05, 3.63) is 58.1 Å². The lowest BCUT2D eigenvalue weighted by Crippen LogP contribution is -2.56. The summed E-state index contributed by atoms with van der Waals surface area (Å²) < 4.78 is 52.0. The largest absolute Gasteiger partial charge is 0.512 e. The molecular formula is C27H34F3N3O5. The minimum Gasteiger partial charge on any atom is -0.512 e. The van der Waals surface area contributed by atoms with Crippen LogP contribution < -0.4 is 16.2 Å². The number of nitrogens with one attached hydrogen (secondary N) is 3. The molecule has 0 aliphatic heterocycles. The standard InChI is InChI=1S/C27H34F3N3O5/c1-3-6-20-22(12-11-19-21(27(28,29)30)15-23(31)38-24(19)20)37-14-5-4-13-32-25(36)26(2,33-16-34)17-7-9-18(35)10-8-17/h7,9,11-12,15-16,20,22,31,35H,3-6,8,10,13-14H2,1-2H3,(H,32,36)(H,33,34). The number of fused-ring (bicyclic) bond motifs is 1. The van der Waals surface area contributed by atoms with Crippen LogP contribution in [0.25, 0.3) is 6.08 Å². The van der Waals surface area contributed by atoms with Gasteiger partial charge in [0.1, 0.15) is 11.3 Å². The van der Waals surface area contributed by atoms with Crippen molar-refractivity contribution in [2.45, 2.75) is 76.1 Å². The Labute approximate surface area is 219 Å². The van der Waals surface area contributed by atoms with E-state index in [4.69, 9.17) is 14.6 Å². The summed E-state index contributed by atoms with van der Waals surface area (Å²) >= 11 is 0. The minimum atomic E-state index is -4.60. The Kier molecular flexibility index (Phi) is 9.59. The summed E-state index contributed by atoms with van der Waals surface area (Å²) in [4.78, 5) is 24.0. The van der Waals surface area contributed by atoms with Gasteiger partial charge in [-0.05, 0) is 44.3 Å². The van der Waals surface area contributed by atoms with Gasteiger partial charge in [-0.2, -0.15) is 13.2 Å². The Balaban J connectivity index is 1.56. The Morgan fingerprint density at radius 2 is 2.05 bits per heavy atom. The number of carbonyl (C=O) groups is 2. The fourth-order valence-corrected chi connectivity index (χ4v) is 4.77. The van der Waals surface area contributed by atoms with Gasteiger partial charge in [-0.25, -0.2) is 0 Å². The van der Waals surface area contributed by atoms with Crippen LogP contribution in [0.3, 0.4) is 0 Å². The van der Waals surface area contributed by atoms with E-state index in [0.717, 1.165) is 0 Å². The van der Waals surface area contributed by atoms with Gasteiger partial charge >= 0.3 is 6.18 Å².